The molecule has 0 spiro atoms. The Hall–Kier alpha value is -2.82. The summed E-state index contributed by atoms with van der Waals surface area (Å²) < 4.78 is 10.9. The summed E-state index contributed by atoms with van der Waals surface area (Å²) in [5.74, 6) is 0.0951. The number of carbonyl (C=O) groups excluding carboxylic acids is 2. The van der Waals surface area contributed by atoms with Crippen molar-refractivity contribution in [3.63, 3.8) is 0 Å². The van der Waals surface area contributed by atoms with Crippen molar-refractivity contribution in [3.8, 4) is 5.75 Å². The molecule has 150 valence electrons. The molecule has 2 aromatic carbocycles. The Morgan fingerprint density at radius 2 is 1.61 bits per heavy atom. The second-order valence-corrected chi connectivity index (χ2v) is 7.12. The minimum Gasteiger partial charge on any atom is -0.491 e. The minimum absolute atomic E-state index is 0.0554. The standard InChI is InChI=1S/C23H29NO4/c1-6-16(4)20-9-7-8-10-21(20)24-22(25)17(5)28-23(26)18-11-13-19(14-12-18)27-15(2)3/h7-17H,6H2,1-5H3,(H,24,25)/t16-,17+/m0/s1. The van der Waals surface area contributed by atoms with E-state index in [0.29, 0.717) is 17.2 Å². The van der Waals surface area contributed by atoms with Gasteiger partial charge in [0.25, 0.3) is 5.91 Å². The van der Waals surface area contributed by atoms with Crippen LogP contribution in [-0.2, 0) is 9.53 Å². The molecule has 0 saturated carbocycles. The van der Waals surface area contributed by atoms with Crippen molar-refractivity contribution in [2.75, 3.05) is 5.32 Å². The van der Waals surface area contributed by atoms with E-state index in [-0.39, 0.29) is 12.0 Å². The molecule has 5 nitrogen and oxygen atoms in total. The molecule has 0 aliphatic carbocycles. The zero-order valence-electron chi connectivity index (χ0n) is 17.2. The number of benzene rings is 2. The first-order valence-electron chi connectivity index (χ1n) is 9.69. The molecular formula is C23H29NO4. The summed E-state index contributed by atoms with van der Waals surface area (Å²) in [5, 5.41) is 2.88. The third-order valence-electron chi connectivity index (χ3n) is 4.48. The lowest BCUT2D eigenvalue weighted by atomic mass is 9.97. The lowest BCUT2D eigenvalue weighted by molar-refractivity contribution is -0.123. The quantitative estimate of drug-likeness (QED) is 0.639. The van der Waals surface area contributed by atoms with E-state index >= 15 is 0 Å². The van der Waals surface area contributed by atoms with Crippen LogP contribution in [0, 0.1) is 0 Å². The smallest absolute Gasteiger partial charge is 0.338 e. The van der Waals surface area contributed by atoms with Crippen molar-refractivity contribution in [1.82, 2.24) is 0 Å². The van der Waals surface area contributed by atoms with Crippen LogP contribution < -0.4 is 10.1 Å². The number of hydrogen-bond acceptors (Lipinski definition) is 4. The van der Waals surface area contributed by atoms with E-state index in [4.69, 9.17) is 9.47 Å². The second kappa shape index (κ2) is 9.93. The van der Waals surface area contributed by atoms with Crippen molar-refractivity contribution in [2.24, 2.45) is 0 Å². The Kier molecular flexibility index (Phi) is 7.61. The predicted molar refractivity (Wildman–Crippen MR) is 111 cm³/mol. The maximum absolute atomic E-state index is 12.5. The summed E-state index contributed by atoms with van der Waals surface area (Å²) in [7, 11) is 0. The average Bonchev–Trinajstić information content (AvgIpc) is 2.67. The minimum atomic E-state index is -0.913. The van der Waals surface area contributed by atoms with E-state index in [1.807, 2.05) is 38.1 Å². The Bertz CT molecular complexity index is 799. The SMILES string of the molecule is CC[C@H](C)c1ccccc1NC(=O)[C@@H](C)OC(=O)c1ccc(OC(C)C)cc1. The Labute approximate surface area is 167 Å². The monoisotopic (exact) mass is 383 g/mol. The fraction of sp³-hybridized carbons (Fsp3) is 0.391. The molecular weight excluding hydrogens is 354 g/mol. The molecule has 0 fully saturated rings. The van der Waals surface area contributed by atoms with Crippen LogP contribution in [-0.4, -0.2) is 24.1 Å². The lowest BCUT2D eigenvalue weighted by Crippen LogP contribution is -2.30. The van der Waals surface area contributed by atoms with E-state index < -0.39 is 12.1 Å². The highest BCUT2D eigenvalue weighted by molar-refractivity contribution is 5.97. The van der Waals surface area contributed by atoms with Gasteiger partial charge in [0.2, 0.25) is 0 Å². The van der Waals surface area contributed by atoms with Gasteiger partial charge in [-0.05, 0) is 69.0 Å². The molecule has 0 heterocycles. The van der Waals surface area contributed by atoms with E-state index in [1.54, 1.807) is 31.2 Å². The van der Waals surface area contributed by atoms with Gasteiger partial charge in [-0.25, -0.2) is 4.79 Å². The molecule has 0 unspecified atom stereocenters. The number of para-hydroxylation sites is 1. The molecule has 0 radical (unpaired) electrons. The number of hydrogen-bond donors (Lipinski definition) is 1. The number of rotatable bonds is 8. The van der Waals surface area contributed by atoms with E-state index in [9.17, 15) is 9.59 Å². The van der Waals surface area contributed by atoms with Crippen LogP contribution in [0.25, 0.3) is 0 Å². The van der Waals surface area contributed by atoms with Gasteiger partial charge in [-0.3, -0.25) is 4.79 Å². The third-order valence-corrected chi connectivity index (χ3v) is 4.48. The normalized spacial score (nSPS) is 12.9. The molecule has 2 atom stereocenters. The second-order valence-electron chi connectivity index (χ2n) is 7.12. The maximum atomic E-state index is 12.5. The van der Waals surface area contributed by atoms with Gasteiger partial charge in [-0.15, -0.1) is 0 Å². The van der Waals surface area contributed by atoms with Gasteiger partial charge in [0.05, 0.1) is 11.7 Å². The van der Waals surface area contributed by atoms with Crippen LogP contribution in [0.15, 0.2) is 48.5 Å². The van der Waals surface area contributed by atoms with Crippen LogP contribution in [0.3, 0.4) is 0 Å². The number of nitrogens with one attached hydrogen (secondary N) is 1. The lowest BCUT2D eigenvalue weighted by Gasteiger charge is -2.18. The van der Waals surface area contributed by atoms with E-state index in [1.165, 1.54) is 0 Å². The molecule has 0 bridgehead atoms. The van der Waals surface area contributed by atoms with Crippen molar-refractivity contribution < 1.29 is 19.1 Å². The van der Waals surface area contributed by atoms with Crippen LogP contribution in [0.2, 0.25) is 0 Å². The number of esters is 1. The summed E-state index contributed by atoms with van der Waals surface area (Å²) >= 11 is 0. The Morgan fingerprint density at radius 1 is 0.964 bits per heavy atom. The summed E-state index contributed by atoms with van der Waals surface area (Å²) in [6.07, 6.45) is 0.109. The van der Waals surface area contributed by atoms with Crippen molar-refractivity contribution in [2.45, 2.75) is 59.2 Å². The molecule has 0 aliphatic heterocycles. The van der Waals surface area contributed by atoms with Crippen molar-refractivity contribution in [3.05, 3.63) is 59.7 Å². The maximum Gasteiger partial charge on any atom is 0.338 e. The zero-order chi connectivity index (χ0) is 20.7. The molecule has 0 aliphatic rings. The molecule has 0 saturated heterocycles. The van der Waals surface area contributed by atoms with Crippen molar-refractivity contribution >= 4 is 17.6 Å². The fourth-order valence-electron chi connectivity index (χ4n) is 2.72. The first-order chi connectivity index (χ1) is 13.3. The first kappa shape index (κ1) is 21.5. The highest BCUT2D eigenvalue weighted by Gasteiger charge is 2.20. The fourth-order valence-corrected chi connectivity index (χ4v) is 2.72. The van der Waals surface area contributed by atoms with Crippen molar-refractivity contribution in [1.29, 1.82) is 0 Å². The van der Waals surface area contributed by atoms with E-state index in [2.05, 4.69) is 19.2 Å². The largest absolute Gasteiger partial charge is 0.491 e. The Balaban J connectivity index is 2.00. The van der Waals surface area contributed by atoms with Crippen LogP contribution in [0.5, 0.6) is 5.75 Å². The first-order valence-corrected chi connectivity index (χ1v) is 9.69. The molecule has 5 heteroatoms. The highest BCUT2D eigenvalue weighted by Crippen LogP contribution is 2.26. The summed E-state index contributed by atoms with van der Waals surface area (Å²) in [4.78, 5) is 24.8. The van der Waals surface area contributed by atoms with Gasteiger partial charge < -0.3 is 14.8 Å². The predicted octanol–water partition coefficient (Wildman–Crippen LogP) is 5.17. The van der Waals surface area contributed by atoms with Gasteiger partial charge in [-0.2, -0.15) is 0 Å². The van der Waals surface area contributed by atoms with E-state index in [0.717, 1.165) is 17.7 Å². The molecule has 2 aromatic rings. The summed E-state index contributed by atoms with van der Waals surface area (Å²) in [6, 6.07) is 14.4. The average molecular weight is 383 g/mol. The zero-order valence-corrected chi connectivity index (χ0v) is 17.2. The number of ether oxygens (including phenoxy) is 2. The Morgan fingerprint density at radius 3 is 2.21 bits per heavy atom. The molecule has 1 N–H and O–H groups in total. The number of carbonyl (C=O) groups is 2. The van der Waals surface area contributed by atoms with Gasteiger partial charge >= 0.3 is 5.97 Å². The van der Waals surface area contributed by atoms with Crippen LogP contribution >= 0.6 is 0 Å². The summed E-state index contributed by atoms with van der Waals surface area (Å²) in [5.41, 5.74) is 2.19. The number of amides is 1. The molecule has 1 amide bonds. The van der Waals surface area contributed by atoms with Gasteiger partial charge in [0.1, 0.15) is 5.75 Å². The van der Waals surface area contributed by atoms with Gasteiger partial charge in [-0.1, -0.05) is 32.0 Å². The van der Waals surface area contributed by atoms with Gasteiger partial charge in [0, 0.05) is 5.69 Å². The van der Waals surface area contributed by atoms with Crippen LogP contribution in [0.1, 0.15) is 62.9 Å². The molecule has 28 heavy (non-hydrogen) atoms. The highest BCUT2D eigenvalue weighted by atomic mass is 16.5. The molecule has 0 aromatic heterocycles. The van der Waals surface area contributed by atoms with Gasteiger partial charge in [0.15, 0.2) is 6.10 Å². The molecule has 2 rings (SSSR count). The van der Waals surface area contributed by atoms with Crippen LogP contribution in [0.4, 0.5) is 5.69 Å². The number of anilines is 1. The third kappa shape index (κ3) is 5.84. The summed E-state index contributed by atoms with van der Waals surface area (Å²) in [6.45, 7) is 9.64. The topological polar surface area (TPSA) is 64.6 Å².